The van der Waals surface area contributed by atoms with Gasteiger partial charge in [-0.1, -0.05) is 27.2 Å². The van der Waals surface area contributed by atoms with Crippen molar-refractivity contribution in [2.45, 2.75) is 59.3 Å². The van der Waals surface area contributed by atoms with Gasteiger partial charge in [-0.2, -0.15) is 0 Å². The average molecular weight is 252 g/mol. The highest BCUT2D eigenvalue weighted by Crippen LogP contribution is 2.58. The molecule has 3 heteroatoms. The maximum Gasteiger partial charge on any atom is 0.304 e. The first-order chi connectivity index (χ1) is 8.24. The summed E-state index contributed by atoms with van der Waals surface area (Å²) in [5.41, 5.74) is 0.382. The van der Waals surface area contributed by atoms with Crippen molar-refractivity contribution in [3.05, 3.63) is 0 Å². The predicted molar refractivity (Wildman–Crippen MR) is 69.2 cm³/mol. The lowest BCUT2D eigenvalue weighted by atomic mass is 9.50. The van der Waals surface area contributed by atoms with Crippen molar-refractivity contribution in [3.63, 3.8) is 0 Å². The topological polar surface area (TPSA) is 54.4 Å². The molecule has 1 N–H and O–H groups in total. The number of carboxylic acids is 1. The van der Waals surface area contributed by atoms with Crippen molar-refractivity contribution >= 4 is 11.8 Å². The standard InChI is InChI=1S/C15H24O3/c1-14(2)5-4-6-15(3)9-10(7-13(17)18)11(16)8-12(14)15/h10,12H,4-9H2,1-3H3,(H,17,18)/t10-,12-,15+/m0/s1. The van der Waals surface area contributed by atoms with E-state index in [9.17, 15) is 9.59 Å². The predicted octanol–water partition coefficient (Wildman–Crippen LogP) is 3.27. The summed E-state index contributed by atoms with van der Waals surface area (Å²) in [7, 11) is 0. The molecule has 0 radical (unpaired) electrons. The highest BCUT2D eigenvalue weighted by atomic mass is 16.4. The van der Waals surface area contributed by atoms with E-state index < -0.39 is 5.97 Å². The van der Waals surface area contributed by atoms with Crippen LogP contribution in [-0.2, 0) is 9.59 Å². The summed E-state index contributed by atoms with van der Waals surface area (Å²) < 4.78 is 0. The van der Waals surface area contributed by atoms with Crippen molar-refractivity contribution in [2.24, 2.45) is 22.7 Å². The Hall–Kier alpha value is -0.860. The fourth-order valence-electron chi connectivity index (χ4n) is 4.45. The number of Topliss-reactive ketones (excluding diaryl/α,β-unsaturated/α-hetero) is 1. The Morgan fingerprint density at radius 2 is 2.00 bits per heavy atom. The molecule has 0 spiro atoms. The molecule has 2 rings (SSSR count). The van der Waals surface area contributed by atoms with Gasteiger partial charge in [0, 0.05) is 12.3 Å². The Morgan fingerprint density at radius 1 is 1.33 bits per heavy atom. The lowest BCUT2D eigenvalue weighted by Gasteiger charge is -2.54. The minimum absolute atomic E-state index is 0.0154. The Labute approximate surface area is 109 Å². The maximum atomic E-state index is 12.2. The second-order valence-corrected chi connectivity index (χ2v) is 7.22. The minimum atomic E-state index is -0.842. The van der Waals surface area contributed by atoms with Gasteiger partial charge in [0.05, 0.1) is 6.42 Å². The highest BCUT2D eigenvalue weighted by Gasteiger charge is 2.52. The highest BCUT2D eigenvalue weighted by molar-refractivity contribution is 5.86. The summed E-state index contributed by atoms with van der Waals surface area (Å²) >= 11 is 0. The van der Waals surface area contributed by atoms with E-state index in [1.807, 2.05) is 0 Å². The minimum Gasteiger partial charge on any atom is -0.481 e. The van der Waals surface area contributed by atoms with E-state index in [0.29, 0.717) is 12.3 Å². The number of carbonyl (C=O) groups excluding carboxylic acids is 1. The Bertz CT molecular complexity index is 372. The summed E-state index contributed by atoms with van der Waals surface area (Å²) in [4.78, 5) is 23.0. The molecule has 102 valence electrons. The quantitative estimate of drug-likeness (QED) is 0.820. The second kappa shape index (κ2) is 4.36. The van der Waals surface area contributed by atoms with Crippen LogP contribution in [0.2, 0.25) is 0 Å². The summed E-state index contributed by atoms with van der Waals surface area (Å²) in [6, 6.07) is 0. The Balaban J connectivity index is 2.21. The lowest BCUT2D eigenvalue weighted by molar-refractivity contribution is -0.147. The summed E-state index contributed by atoms with van der Waals surface area (Å²) in [5, 5.41) is 8.91. The zero-order valence-electron chi connectivity index (χ0n) is 11.7. The number of ketones is 1. The van der Waals surface area contributed by atoms with Crippen LogP contribution in [0.1, 0.15) is 59.3 Å². The first-order valence-corrected chi connectivity index (χ1v) is 6.99. The van der Waals surface area contributed by atoms with Crippen molar-refractivity contribution < 1.29 is 14.7 Å². The molecular weight excluding hydrogens is 228 g/mol. The molecule has 0 aromatic carbocycles. The van der Waals surface area contributed by atoms with Crippen molar-refractivity contribution in [1.82, 2.24) is 0 Å². The monoisotopic (exact) mass is 252 g/mol. The molecule has 3 atom stereocenters. The maximum absolute atomic E-state index is 12.2. The molecule has 2 aliphatic rings. The zero-order valence-corrected chi connectivity index (χ0v) is 11.7. The normalized spacial score (nSPS) is 39.2. The molecule has 2 aliphatic carbocycles. The molecule has 0 saturated heterocycles. The van der Waals surface area contributed by atoms with Crippen LogP contribution in [0.25, 0.3) is 0 Å². The number of carbonyl (C=O) groups is 2. The van der Waals surface area contributed by atoms with Crippen molar-refractivity contribution in [3.8, 4) is 0 Å². The average Bonchev–Trinajstić information content (AvgIpc) is 2.20. The van der Waals surface area contributed by atoms with Crippen LogP contribution in [-0.4, -0.2) is 16.9 Å². The van der Waals surface area contributed by atoms with E-state index in [-0.39, 0.29) is 29.0 Å². The summed E-state index contributed by atoms with van der Waals surface area (Å²) in [6.07, 6.45) is 4.90. The fraction of sp³-hybridized carbons (Fsp3) is 0.867. The number of fused-ring (bicyclic) bond motifs is 1. The van der Waals surface area contributed by atoms with Gasteiger partial charge in [0.2, 0.25) is 0 Å². The molecule has 0 bridgehead atoms. The summed E-state index contributed by atoms with van der Waals surface area (Å²) in [6.45, 7) is 6.79. The van der Waals surface area contributed by atoms with Gasteiger partial charge in [-0.15, -0.1) is 0 Å². The molecule has 3 nitrogen and oxygen atoms in total. The van der Waals surface area contributed by atoms with Gasteiger partial charge in [-0.05, 0) is 36.0 Å². The number of carboxylic acid groups (broad SMARTS) is 1. The van der Waals surface area contributed by atoms with E-state index in [1.54, 1.807) is 0 Å². The van der Waals surface area contributed by atoms with Crippen LogP contribution in [0.4, 0.5) is 0 Å². The van der Waals surface area contributed by atoms with Crippen molar-refractivity contribution in [2.75, 3.05) is 0 Å². The molecule has 0 aliphatic heterocycles. The number of hydrogen-bond donors (Lipinski definition) is 1. The van der Waals surface area contributed by atoms with E-state index >= 15 is 0 Å². The van der Waals surface area contributed by atoms with Crippen LogP contribution in [0.5, 0.6) is 0 Å². The van der Waals surface area contributed by atoms with E-state index in [2.05, 4.69) is 20.8 Å². The SMILES string of the molecule is CC1(C)CCC[C@]2(C)C[C@H](CC(=O)O)C(=O)C[C@@H]12. The first-order valence-electron chi connectivity index (χ1n) is 6.99. The van der Waals surface area contributed by atoms with Crippen LogP contribution in [0.15, 0.2) is 0 Å². The van der Waals surface area contributed by atoms with E-state index in [1.165, 1.54) is 12.8 Å². The third-order valence-electron chi connectivity index (χ3n) is 5.35. The Kier molecular flexibility index (Phi) is 3.28. The molecule has 2 fully saturated rings. The number of aliphatic carboxylic acids is 1. The third-order valence-corrected chi connectivity index (χ3v) is 5.35. The third kappa shape index (κ3) is 2.32. The van der Waals surface area contributed by atoms with Gasteiger partial charge in [-0.25, -0.2) is 0 Å². The fourth-order valence-corrected chi connectivity index (χ4v) is 4.45. The zero-order chi connectivity index (χ0) is 13.6. The number of hydrogen-bond acceptors (Lipinski definition) is 2. The largest absolute Gasteiger partial charge is 0.481 e. The molecule has 18 heavy (non-hydrogen) atoms. The van der Waals surface area contributed by atoms with Gasteiger partial charge in [0.15, 0.2) is 0 Å². The van der Waals surface area contributed by atoms with Crippen molar-refractivity contribution in [1.29, 1.82) is 0 Å². The van der Waals surface area contributed by atoms with Gasteiger partial charge >= 0.3 is 5.97 Å². The second-order valence-electron chi connectivity index (χ2n) is 7.22. The molecule has 0 amide bonds. The van der Waals surface area contributed by atoms with Gasteiger partial charge in [0.25, 0.3) is 0 Å². The van der Waals surface area contributed by atoms with Gasteiger partial charge < -0.3 is 5.11 Å². The molecule has 0 aromatic heterocycles. The van der Waals surface area contributed by atoms with Gasteiger partial charge in [0.1, 0.15) is 5.78 Å². The number of rotatable bonds is 2. The van der Waals surface area contributed by atoms with E-state index in [4.69, 9.17) is 5.11 Å². The van der Waals surface area contributed by atoms with Crippen LogP contribution >= 0.6 is 0 Å². The van der Waals surface area contributed by atoms with Crippen LogP contribution in [0, 0.1) is 22.7 Å². The van der Waals surface area contributed by atoms with Crippen LogP contribution < -0.4 is 0 Å². The molecular formula is C15H24O3. The lowest BCUT2D eigenvalue weighted by Crippen LogP contribution is -2.49. The first kappa shape index (κ1) is 13.6. The molecule has 0 heterocycles. The smallest absolute Gasteiger partial charge is 0.304 e. The molecule has 0 aromatic rings. The van der Waals surface area contributed by atoms with Gasteiger partial charge in [-0.3, -0.25) is 9.59 Å². The van der Waals surface area contributed by atoms with Crippen LogP contribution in [0.3, 0.4) is 0 Å². The molecule has 0 unspecified atom stereocenters. The summed E-state index contributed by atoms with van der Waals surface area (Å²) in [5.74, 6) is -0.491. The molecule has 2 saturated carbocycles. The van der Waals surface area contributed by atoms with E-state index in [0.717, 1.165) is 12.8 Å². The Morgan fingerprint density at radius 3 is 2.61 bits per heavy atom.